The van der Waals surface area contributed by atoms with Crippen LogP contribution in [0.2, 0.25) is 0 Å². The fourth-order valence-electron chi connectivity index (χ4n) is 2.46. The molecule has 1 aromatic heterocycles. The second-order valence-corrected chi connectivity index (χ2v) is 6.74. The van der Waals surface area contributed by atoms with Crippen LogP contribution in [0.3, 0.4) is 0 Å². The minimum absolute atomic E-state index is 0.0207. The number of carbonyl (C=O) groups excluding carboxylic acids is 1. The van der Waals surface area contributed by atoms with E-state index in [4.69, 9.17) is 4.74 Å². The molecule has 2 heterocycles. The van der Waals surface area contributed by atoms with Crippen molar-refractivity contribution in [2.24, 2.45) is 5.41 Å². The number of aromatic nitrogens is 1. The van der Waals surface area contributed by atoms with Gasteiger partial charge in [0.05, 0.1) is 5.41 Å². The van der Waals surface area contributed by atoms with Gasteiger partial charge >= 0.3 is 6.18 Å². The third kappa shape index (κ3) is 4.59. The molecule has 1 aromatic rings. The third-order valence-electron chi connectivity index (χ3n) is 3.95. The predicted octanol–water partition coefficient (Wildman–Crippen LogP) is 2.37. The number of hydrogen-bond donors (Lipinski definition) is 2. The number of amides is 1. The van der Waals surface area contributed by atoms with Crippen LogP contribution < -0.4 is 15.4 Å². The van der Waals surface area contributed by atoms with Crippen LogP contribution >= 0.6 is 0 Å². The first kappa shape index (κ1) is 18.5. The van der Waals surface area contributed by atoms with E-state index in [-0.39, 0.29) is 18.6 Å². The molecule has 0 aliphatic carbocycles. The molecule has 2 rings (SSSR count). The Balaban J connectivity index is 1.98. The Morgan fingerprint density at radius 3 is 2.75 bits per heavy atom. The molecule has 1 amide bonds. The molecule has 2 atom stereocenters. The maximum Gasteiger partial charge on any atom is 0.421 e. The number of carbonyl (C=O) groups is 1. The number of rotatable bonds is 5. The Morgan fingerprint density at radius 2 is 2.17 bits per heavy atom. The van der Waals surface area contributed by atoms with Gasteiger partial charge in [-0.15, -0.1) is 0 Å². The van der Waals surface area contributed by atoms with E-state index in [9.17, 15) is 18.0 Å². The van der Waals surface area contributed by atoms with Gasteiger partial charge in [-0.2, -0.15) is 13.2 Å². The van der Waals surface area contributed by atoms with Crippen LogP contribution in [0.25, 0.3) is 0 Å². The van der Waals surface area contributed by atoms with E-state index in [1.54, 1.807) is 13.8 Å². The third-order valence-corrected chi connectivity index (χ3v) is 3.95. The largest absolute Gasteiger partial charge is 0.476 e. The van der Waals surface area contributed by atoms with E-state index in [2.05, 4.69) is 15.6 Å². The van der Waals surface area contributed by atoms with Gasteiger partial charge in [-0.3, -0.25) is 4.79 Å². The van der Waals surface area contributed by atoms with Crippen molar-refractivity contribution < 1.29 is 22.7 Å². The zero-order valence-corrected chi connectivity index (χ0v) is 13.9. The van der Waals surface area contributed by atoms with Crippen LogP contribution in [-0.4, -0.2) is 36.1 Å². The summed E-state index contributed by atoms with van der Waals surface area (Å²) < 4.78 is 44.0. The molecule has 0 saturated carbocycles. The van der Waals surface area contributed by atoms with E-state index in [0.29, 0.717) is 12.6 Å². The fourth-order valence-corrected chi connectivity index (χ4v) is 2.46. The lowest BCUT2D eigenvalue weighted by Crippen LogP contribution is -2.46. The van der Waals surface area contributed by atoms with Crippen LogP contribution in [0, 0.1) is 5.41 Å². The molecule has 0 radical (unpaired) electrons. The van der Waals surface area contributed by atoms with E-state index in [1.807, 2.05) is 6.92 Å². The molecule has 24 heavy (non-hydrogen) atoms. The summed E-state index contributed by atoms with van der Waals surface area (Å²) in [5, 5.41) is 6.13. The zero-order valence-electron chi connectivity index (χ0n) is 13.9. The van der Waals surface area contributed by atoms with Crippen molar-refractivity contribution in [2.75, 3.05) is 13.2 Å². The molecule has 0 bridgehead atoms. The van der Waals surface area contributed by atoms with Gasteiger partial charge in [0.2, 0.25) is 11.8 Å². The smallest absolute Gasteiger partial charge is 0.421 e. The first-order chi connectivity index (χ1) is 11.1. The predicted molar refractivity (Wildman–Crippen MR) is 82.5 cm³/mol. The van der Waals surface area contributed by atoms with Gasteiger partial charge in [0.1, 0.15) is 12.2 Å². The summed E-state index contributed by atoms with van der Waals surface area (Å²) in [6.07, 6.45) is -2.51. The van der Waals surface area contributed by atoms with Gasteiger partial charge in [-0.25, -0.2) is 4.98 Å². The summed E-state index contributed by atoms with van der Waals surface area (Å²) in [7, 11) is 0. The van der Waals surface area contributed by atoms with Crippen LogP contribution in [0.15, 0.2) is 18.3 Å². The number of nitrogens with one attached hydrogen (secondary N) is 2. The van der Waals surface area contributed by atoms with E-state index in [1.165, 1.54) is 12.3 Å². The highest BCUT2D eigenvalue weighted by Gasteiger charge is 2.37. The van der Waals surface area contributed by atoms with Crippen LogP contribution in [-0.2, 0) is 11.0 Å². The quantitative estimate of drug-likeness (QED) is 0.860. The van der Waals surface area contributed by atoms with Gasteiger partial charge in [0.25, 0.3) is 0 Å². The average molecular weight is 345 g/mol. The van der Waals surface area contributed by atoms with Crippen LogP contribution in [0.5, 0.6) is 5.88 Å². The first-order valence-corrected chi connectivity index (χ1v) is 7.79. The number of alkyl halides is 3. The fraction of sp³-hybridized carbons (Fsp3) is 0.625. The number of halogens is 3. The van der Waals surface area contributed by atoms with Crippen molar-refractivity contribution >= 4 is 5.91 Å². The standard InChI is InChI=1S/C16H22F3N3O2/c1-10-7-11(8-21-10)22-14(23)15(2,3)9-24-13-12(16(17,18)19)5-4-6-20-13/h4-6,10-11,21H,7-9H2,1-3H3,(H,22,23)/t10-,11+/m1/s1. The van der Waals surface area contributed by atoms with Crippen molar-refractivity contribution in [3.63, 3.8) is 0 Å². The van der Waals surface area contributed by atoms with Gasteiger partial charge in [0, 0.05) is 24.8 Å². The summed E-state index contributed by atoms with van der Waals surface area (Å²) in [6.45, 7) is 5.77. The second kappa shape index (κ2) is 6.96. The molecule has 1 aliphatic heterocycles. The monoisotopic (exact) mass is 345 g/mol. The Labute approximate surface area is 139 Å². The summed E-state index contributed by atoms with van der Waals surface area (Å²) in [5.41, 5.74) is -1.93. The minimum atomic E-state index is -4.55. The van der Waals surface area contributed by atoms with Crippen molar-refractivity contribution in [1.82, 2.24) is 15.6 Å². The Bertz CT molecular complexity index is 590. The van der Waals surface area contributed by atoms with Gasteiger partial charge < -0.3 is 15.4 Å². The maximum atomic E-state index is 12.9. The molecule has 5 nitrogen and oxygen atoms in total. The lowest BCUT2D eigenvalue weighted by atomic mass is 9.93. The topological polar surface area (TPSA) is 63.2 Å². The van der Waals surface area contributed by atoms with Crippen LogP contribution in [0.1, 0.15) is 32.8 Å². The number of pyridine rings is 1. The summed E-state index contributed by atoms with van der Waals surface area (Å²) in [6, 6.07) is 2.45. The van der Waals surface area contributed by atoms with Gasteiger partial charge in [-0.05, 0) is 39.3 Å². The van der Waals surface area contributed by atoms with Crippen molar-refractivity contribution in [3.8, 4) is 5.88 Å². The van der Waals surface area contributed by atoms with Gasteiger partial charge in [-0.1, -0.05) is 0 Å². The lowest BCUT2D eigenvalue weighted by Gasteiger charge is -2.26. The SMILES string of the molecule is C[C@@H]1C[C@H](NC(=O)C(C)(C)COc2ncccc2C(F)(F)F)CN1. The van der Waals surface area contributed by atoms with E-state index >= 15 is 0 Å². The highest BCUT2D eigenvalue weighted by molar-refractivity contribution is 5.82. The molecule has 8 heteroatoms. The number of ether oxygens (including phenoxy) is 1. The summed E-state index contributed by atoms with van der Waals surface area (Å²) >= 11 is 0. The second-order valence-electron chi connectivity index (χ2n) is 6.74. The molecule has 0 aromatic carbocycles. The normalized spacial score (nSPS) is 21.6. The van der Waals surface area contributed by atoms with Gasteiger partial charge in [0.15, 0.2) is 0 Å². The molecule has 2 N–H and O–H groups in total. The molecular formula is C16H22F3N3O2. The highest BCUT2D eigenvalue weighted by Crippen LogP contribution is 2.35. The van der Waals surface area contributed by atoms with Crippen LogP contribution in [0.4, 0.5) is 13.2 Å². The lowest BCUT2D eigenvalue weighted by molar-refractivity contribution is -0.139. The van der Waals surface area contributed by atoms with Crippen molar-refractivity contribution in [1.29, 1.82) is 0 Å². The zero-order chi connectivity index (χ0) is 18.0. The number of nitrogens with zero attached hydrogens (tertiary/aromatic N) is 1. The molecule has 1 saturated heterocycles. The summed E-state index contributed by atoms with van der Waals surface area (Å²) in [5.74, 6) is -0.769. The van der Waals surface area contributed by atoms with Crippen molar-refractivity contribution in [2.45, 2.75) is 45.5 Å². The average Bonchev–Trinajstić information content (AvgIpc) is 2.89. The molecule has 0 unspecified atom stereocenters. The molecule has 0 spiro atoms. The summed E-state index contributed by atoms with van der Waals surface area (Å²) in [4.78, 5) is 16.0. The molecular weight excluding hydrogens is 323 g/mol. The Morgan fingerprint density at radius 1 is 1.46 bits per heavy atom. The minimum Gasteiger partial charge on any atom is -0.476 e. The van der Waals surface area contributed by atoms with E-state index in [0.717, 1.165) is 12.5 Å². The Hall–Kier alpha value is -1.83. The maximum absolute atomic E-state index is 12.9. The molecule has 134 valence electrons. The van der Waals surface area contributed by atoms with Crippen molar-refractivity contribution in [3.05, 3.63) is 23.9 Å². The molecule has 1 aliphatic rings. The number of hydrogen-bond acceptors (Lipinski definition) is 4. The van der Waals surface area contributed by atoms with E-state index < -0.39 is 23.0 Å². The highest BCUT2D eigenvalue weighted by atomic mass is 19.4. The molecule has 1 fully saturated rings. The first-order valence-electron chi connectivity index (χ1n) is 7.79. The Kier molecular flexibility index (Phi) is 5.37.